The van der Waals surface area contributed by atoms with E-state index in [0.717, 1.165) is 17.5 Å². The molecule has 0 aliphatic carbocycles. The molecule has 40 heavy (non-hydrogen) atoms. The molecule has 2 aromatic carbocycles. The number of nitro benzene ring substituents is 1. The van der Waals surface area contributed by atoms with Crippen molar-refractivity contribution in [2.75, 3.05) is 30.0 Å². The molecule has 1 saturated heterocycles. The summed E-state index contributed by atoms with van der Waals surface area (Å²) in [5.74, 6) is -0.851. The second-order valence-electron chi connectivity index (χ2n) is 8.81. The van der Waals surface area contributed by atoms with Crippen LogP contribution in [0.4, 0.5) is 11.4 Å². The minimum Gasteiger partial charge on any atom is -0.455 e. The van der Waals surface area contributed by atoms with Crippen molar-refractivity contribution in [3.8, 4) is 11.5 Å². The summed E-state index contributed by atoms with van der Waals surface area (Å²) in [6, 6.07) is 12.6. The number of nitro groups is 1. The quantitative estimate of drug-likeness (QED) is 0.203. The zero-order valence-corrected chi connectivity index (χ0v) is 22.2. The van der Waals surface area contributed by atoms with E-state index in [0.29, 0.717) is 11.4 Å². The summed E-state index contributed by atoms with van der Waals surface area (Å²) in [7, 11) is -7.71. The third-order valence-corrected chi connectivity index (χ3v) is 9.00. The zero-order valence-electron chi connectivity index (χ0n) is 20.6. The normalized spacial score (nSPS) is 15.4. The van der Waals surface area contributed by atoms with E-state index in [1.54, 1.807) is 24.4 Å². The first-order chi connectivity index (χ1) is 19.0. The molecule has 3 heterocycles. The highest BCUT2D eigenvalue weighted by Gasteiger charge is 2.27. The second-order valence-corrected chi connectivity index (χ2v) is 12.8. The lowest BCUT2D eigenvalue weighted by atomic mass is 10.2. The molecule has 0 bridgehead atoms. The number of H-pyrrole nitrogens is 1. The average molecular weight is 587 g/mol. The zero-order chi connectivity index (χ0) is 28.5. The number of aromatic amines is 1. The summed E-state index contributed by atoms with van der Waals surface area (Å²) in [5, 5.41) is 14.0. The molecule has 0 radical (unpaired) electrons. The van der Waals surface area contributed by atoms with Gasteiger partial charge in [-0.15, -0.1) is 0 Å². The number of sulfone groups is 1. The monoisotopic (exact) mass is 586 g/mol. The number of pyridine rings is 1. The summed E-state index contributed by atoms with van der Waals surface area (Å²) in [6.45, 7) is 0.207. The predicted octanol–water partition coefficient (Wildman–Crippen LogP) is 2.44. The molecular weight excluding hydrogens is 564 g/mol. The van der Waals surface area contributed by atoms with Gasteiger partial charge in [0.1, 0.15) is 22.8 Å². The number of anilines is 1. The number of para-hydroxylation sites is 1. The molecule has 5 rings (SSSR count). The standard InChI is InChI=1S/C24H22N6O8S2/c31-24(19-3-1-2-4-22(19)38-17-13-16-7-8-25-23(16)26-15-17)28-40(36,37)18-5-6-20(21(14-18)30(32)33)27-29-9-11-39(34,35)12-10-29/h1-8,13-15,27H,9-12H2,(H,25,26)(H,28,31). The van der Waals surface area contributed by atoms with Crippen LogP contribution in [0.3, 0.4) is 0 Å². The highest BCUT2D eigenvalue weighted by atomic mass is 32.2. The smallest absolute Gasteiger partial charge is 0.295 e. The van der Waals surface area contributed by atoms with Crippen LogP contribution in [0.15, 0.2) is 71.9 Å². The first-order valence-corrected chi connectivity index (χ1v) is 15.1. The van der Waals surface area contributed by atoms with Gasteiger partial charge in [-0.3, -0.25) is 14.9 Å². The van der Waals surface area contributed by atoms with Crippen molar-refractivity contribution >= 4 is 48.2 Å². The Morgan fingerprint density at radius 3 is 2.60 bits per heavy atom. The van der Waals surface area contributed by atoms with Crippen molar-refractivity contribution in [1.29, 1.82) is 0 Å². The van der Waals surface area contributed by atoms with Crippen molar-refractivity contribution < 1.29 is 31.3 Å². The summed E-state index contributed by atoms with van der Waals surface area (Å²) in [5.41, 5.74) is 2.73. The molecule has 3 N–H and O–H groups in total. The van der Waals surface area contributed by atoms with Gasteiger partial charge in [0.2, 0.25) is 0 Å². The largest absolute Gasteiger partial charge is 0.455 e. The molecule has 0 unspecified atom stereocenters. The number of carbonyl (C=O) groups excluding carboxylic acids is 1. The lowest BCUT2D eigenvalue weighted by Gasteiger charge is -2.27. The Labute approximate surface area is 228 Å². The fourth-order valence-electron chi connectivity index (χ4n) is 4.00. The Hall–Kier alpha value is -4.54. The van der Waals surface area contributed by atoms with E-state index < -0.39 is 41.3 Å². The number of nitrogens with one attached hydrogen (secondary N) is 3. The Balaban J connectivity index is 1.35. The lowest BCUT2D eigenvalue weighted by Crippen LogP contribution is -2.43. The van der Waals surface area contributed by atoms with Crippen molar-refractivity contribution in [2.24, 2.45) is 0 Å². The predicted molar refractivity (Wildman–Crippen MR) is 144 cm³/mol. The molecule has 16 heteroatoms. The van der Waals surface area contributed by atoms with Crippen LogP contribution in [0.1, 0.15) is 10.4 Å². The van der Waals surface area contributed by atoms with E-state index >= 15 is 0 Å². The Morgan fingerprint density at radius 2 is 1.85 bits per heavy atom. The third kappa shape index (κ3) is 5.88. The van der Waals surface area contributed by atoms with Crippen molar-refractivity contribution in [3.05, 3.63) is 82.7 Å². The van der Waals surface area contributed by atoms with Crippen LogP contribution in [0.25, 0.3) is 11.0 Å². The maximum absolute atomic E-state index is 13.0. The minimum atomic E-state index is -4.54. The molecular formula is C24H22N6O8S2. The number of sulfonamides is 1. The molecule has 0 saturated carbocycles. The number of fused-ring (bicyclic) bond motifs is 1. The van der Waals surface area contributed by atoms with Gasteiger partial charge < -0.3 is 15.1 Å². The number of aromatic nitrogens is 2. The maximum atomic E-state index is 13.0. The number of ether oxygens (including phenoxy) is 1. The van der Waals surface area contributed by atoms with Crippen LogP contribution < -0.4 is 14.9 Å². The Kier molecular flexibility index (Phi) is 7.14. The summed E-state index contributed by atoms with van der Waals surface area (Å²) >= 11 is 0. The van der Waals surface area contributed by atoms with Gasteiger partial charge in [0.05, 0.1) is 33.1 Å². The highest BCUT2D eigenvalue weighted by Crippen LogP contribution is 2.30. The SMILES string of the molecule is O=C(NS(=O)(=O)c1ccc(NN2CCS(=O)(=O)CC2)c([N+](=O)[O-])c1)c1ccccc1Oc1cnc2[nH]ccc2c1. The van der Waals surface area contributed by atoms with E-state index in [4.69, 9.17) is 4.74 Å². The molecule has 1 aliphatic heterocycles. The summed E-state index contributed by atoms with van der Waals surface area (Å²) < 4.78 is 57.1. The number of amides is 1. The van der Waals surface area contributed by atoms with Crippen molar-refractivity contribution in [3.63, 3.8) is 0 Å². The summed E-state index contributed by atoms with van der Waals surface area (Å²) in [6.07, 6.45) is 3.16. The van der Waals surface area contributed by atoms with Gasteiger partial charge in [-0.05, 0) is 36.4 Å². The molecule has 14 nitrogen and oxygen atoms in total. The van der Waals surface area contributed by atoms with Crippen LogP contribution in [0.5, 0.6) is 11.5 Å². The molecule has 0 atom stereocenters. The molecule has 208 valence electrons. The van der Waals surface area contributed by atoms with Gasteiger partial charge in [-0.1, -0.05) is 12.1 Å². The van der Waals surface area contributed by atoms with Crippen LogP contribution >= 0.6 is 0 Å². The first kappa shape index (κ1) is 27.0. The number of benzene rings is 2. The van der Waals surface area contributed by atoms with Gasteiger partial charge >= 0.3 is 0 Å². The minimum absolute atomic E-state index is 0.0266. The Bertz CT molecular complexity index is 1820. The highest BCUT2D eigenvalue weighted by molar-refractivity contribution is 7.91. The number of carbonyl (C=O) groups is 1. The number of hydrogen-bond acceptors (Lipinski definition) is 11. The summed E-state index contributed by atoms with van der Waals surface area (Å²) in [4.78, 5) is 30.6. The van der Waals surface area contributed by atoms with Gasteiger partial charge in [-0.25, -0.2) is 31.6 Å². The third-order valence-electron chi connectivity index (χ3n) is 6.06. The second kappa shape index (κ2) is 10.6. The lowest BCUT2D eigenvalue weighted by molar-refractivity contribution is -0.384. The number of hydrogen-bond donors (Lipinski definition) is 3. The molecule has 2 aromatic heterocycles. The van der Waals surface area contributed by atoms with Crippen molar-refractivity contribution in [1.82, 2.24) is 19.7 Å². The molecule has 1 aliphatic rings. The van der Waals surface area contributed by atoms with Gasteiger partial charge in [0.15, 0.2) is 9.84 Å². The first-order valence-electron chi connectivity index (χ1n) is 11.8. The van der Waals surface area contributed by atoms with Crippen LogP contribution in [0.2, 0.25) is 0 Å². The van der Waals surface area contributed by atoms with E-state index in [1.165, 1.54) is 35.5 Å². The van der Waals surface area contributed by atoms with Gasteiger partial charge in [-0.2, -0.15) is 0 Å². The number of nitrogens with zero attached hydrogens (tertiary/aromatic N) is 3. The van der Waals surface area contributed by atoms with Crippen molar-refractivity contribution in [2.45, 2.75) is 4.90 Å². The number of rotatable bonds is 8. The molecule has 1 fully saturated rings. The average Bonchev–Trinajstić information content (AvgIpc) is 3.38. The van der Waals surface area contributed by atoms with Crippen LogP contribution in [-0.4, -0.2) is 67.2 Å². The van der Waals surface area contributed by atoms with E-state index in [1.807, 2.05) is 4.72 Å². The molecule has 0 spiro atoms. The van der Waals surface area contributed by atoms with E-state index in [9.17, 15) is 31.7 Å². The van der Waals surface area contributed by atoms with Gasteiger partial charge in [0.25, 0.3) is 21.6 Å². The number of hydrazine groups is 1. The Morgan fingerprint density at radius 1 is 1.10 bits per heavy atom. The van der Waals surface area contributed by atoms with E-state index in [2.05, 4.69) is 15.4 Å². The van der Waals surface area contributed by atoms with E-state index in [-0.39, 0.29) is 41.6 Å². The maximum Gasteiger partial charge on any atom is 0.295 e. The fourth-order valence-corrected chi connectivity index (χ4v) is 6.19. The topological polar surface area (TPSA) is 194 Å². The fraction of sp³-hybridized carbons (Fsp3) is 0.167. The van der Waals surface area contributed by atoms with Crippen LogP contribution in [0, 0.1) is 10.1 Å². The molecule has 4 aromatic rings. The van der Waals surface area contributed by atoms with Gasteiger partial charge in [0, 0.05) is 30.7 Å². The van der Waals surface area contributed by atoms with Crippen LogP contribution in [-0.2, 0) is 19.9 Å². The molecule has 1 amide bonds.